The molecule has 1 fully saturated rings. The molecule has 5 heteroatoms. The molecule has 0 aliphatic carbocycles. The zero-order chi connectivity index (χ0) is 15.4. The quantitative estimate of drug-likeness (QED) is 0.866. The number of benzene rings is 1. The summed E-state index contributed by atoms with van der Waals surface area (Å²) in [5.41, 5.74) is 1.38. The van der Waals surface area contributed by atoms with E-state index in [0.29, 0.717) is 0 Å². The summed E-state index contributed by atoms with van der Waals surface area (Å²) < 4.78 is 0. The first-order chi connectivity index (χ1) is 10.8. The van der Waals surface area contributed by atoms with Crippen molar-refractivity contribution in [2.24, 2.45) is 0 Å². The van der Waals surface area contributed by atoms with Crippen molar-refractivity contribution < 1.29 is 9.69 Å². The van der Waals surface area contributed by atoms with Crippen molar-refractivity contribution in [3.05, 3.63) is 52.2 Å². The van der Waals surface area contributed by atoms with Crippen LogP contribution < -0.4 is 4.90 Å². The molecule has 0 radical (unpaired) electrons. The number of hydrogen-bond acceptors (Lipinski definition) is 3. The van der Waals surface area contributed by atoms with E-state index >= 15 is 0 Å². The zero-order valence-corrected chi connectivity index (χ0v) is 14.4. The second-order valence-electron chi connectivity index (χ2n) is 5.54. The van der Waals surface area contributed by atoms with Crippen molar-refractivity contribution in [2.45, 2.75) is 11.4 Å². The summed E-state index contributed by atoms with van der Waals surface area (Å²) >= 11 is 3.31. The molecular formula is C17H21N2OS2+. The van der Waals surface area contributed by atoms with E-state index in [0.717, 1.165) is 37.6 Å². The molecule has 22 heavy (non-hydrogen) atoms. The van der Waals surface area contributed by atoms with E-state index in [1.807, 2.05) is 22.4 Å². The standard InChI is InChI=1S/C17H20N2OS2/c1-21-15-6-4-14(5-7-15)13-18-8-10-19(11-9-18)17(20)16-3-2-12-22-16/h2-7,12H,8-11,13H2,1H3/p+1. The lowest BCUT2D eigenvalue weighted by Crippen LogP contribution is -3.13. The average Bonchev–Trinajstić information content (AvgIpc) is 3.10. The number of rotatable bonds is 4. The Balaban J connectivity index is 1.52. The third-order valence-corrected chi connectivity index (χ3v) is 5.70. The predicted octanol–water partition coefficient (Wildman–Crippen LogP) is 2.01. The molecule has 1 aliphatic rings. The summed E-state index contributed by atoms with van der Waals surface area (Å²) in [5, 5.41) is 1.97. The molecule has 1 amide bonds. The van der Waals surface area contributed by atoms with E-state index in [4.69, 9.17) is 0 Å². The van der Waals surface area contributed by atoms with Crippen LogP contribution in [0.3, 0.4) is 0 Å². The molecular weight excluding hydrogens is 312 g/mol. The highest BCUT2D eigenvalue weighted by atomic mass is 32.2. The Hall–Kier alpha value is -1.30. The number of thiophene rings is 1. The molecule has 1 N–H and O–H groups in total. The van der Waals surface area contributed by atoms with Crippen molar-refractivity contribution in [2.75, 3.05) is 32.4 Å². The number of carbonyl (C=O) groups is 1. The summed E-state index contributed by atoms with van der Waals surface area (Å²) in [5.74, 6) is 0.193. The Morgan fingerprint density at radius 3 is 2.55 bits per heavy atom. The molecule has 1 aliphatic heterocycles. The van der Waals surface area contributed by atoms with Crippen LogP contribution in [0, 0.1) is 0 Å². The molecule has 1 saturated heterocycles. The van der Waals surface area contributed by atoms with Gasteiger partial charge < -0.3 is 9.80 Å². The lowest BCUT2D eigenvalue weighted by molar-refractivity contribution is -0.917. The van der Waals surface area contributed by atoms with Gasteiger partial charge in [0.15, 0.2) is 0 Å². The minimum atomic E-state index is 0.193. The van der Waals surface area contributed by atoms with Crippen LogP contribution in [0.25, 0.3) is 0 Å². The fourth-order valence-electron chi connectivity index (χ4n) is 2.79. The minimum Gasteiger partial charge on any atom is -0.328 e. The Kier molecular flexibility index (Phi) is 5.18. The Labute approximate surface area is 139 Å². The third-order valence-electron chi connectivity index (χ3n) is 4.10. The molecule has 0 atom stereocenters. The van der Waals surface area contributed by atoms with Crippen LogP contribution in [-0.2, 0) is 6.54 Å². The fourth-order valence-corrected chi connectivity index (χ4v) is 3.89. The van der Waals surface area contributed by atoms with Gasteiger partial charge in [0.05, 0.1) is 31.1 Å². The lowest BCUT2D eigenvalue weighted by atomic mass is 10.2. The number of nitrogens with one attached hydrogen (secondary N) is 1. The Bertz CT molecular complexity index is 602. The molecule has 0 unspecified atom stereocenters. The normalized spacial score (nSPS) is 16.0. The minimum absolute atomic E-state index is 0.193. The summed E-state index contributed by atoms with van der Waals surface area (Å²) in [6.45, 7) is 4.82. The topological polar surface area (TPSA) is 24.8 Å². The highest BCUT2D eigenvalue weighted by molar-refractivity contribution is 7.98. The van der Waals surface area contributed by atoms with Crippen LogP contribution >= 0.6 is 23.1 Å². The largest absolute Gasteiger partial charge is 0.328 e. The van der Waals surface area contributed by atoms with E-state index in [-0.39, 0.29) is 5.91 Å². The number of piperazine rings is 1. The van der Waals surface area contributed by atoms with E-state index in [1.165, 1.54) is 21.8 Å². The predicted molar refractivity (Wildman–Crippen MR) is 92.8 cm³/mol. The van der Waals surface area contributed by atoms with Gasteiger partial charge in [-0.25, -0.2) is 0 Å². The first kappa shape index (κ1) is 15.6. The molecule has 2 aromatic rings. The molecule has 0 bridgehead atoms. The van der Waals surface area contributed by atoms with Gasteiger partial charge in [0.1, 0.15) is 6.54 Å². The molecule has 3 nitrogen and oxygen atoms in total. The maximum atomic E-state index is 12.3. The highest BCUT2D eigenvalue weighted by Crippen LogP contribution is 2.14. The van der Waals surface area contributed by atoms with Crippen molar-refractivity contribution in [1.82, 2.24) is 4.90 Å². The van der Waals surface area contributed by atoms with Crippen LogP contribution in [0.15, 0.2) is 46.7 Å². The average molecular weight is 334 g/mol. The SMILES string of the molecule is CSc1ccc(C[NH+]2CCN(C(=O)c3cccs3)CC2)cc1. The number of carbonyl (C=O) groups excluding carboxylic acids is 1. The second-order valence-corrected chi connectivity index (χ2v) is 7.37. The molecule has 116 valence electrons. The van der Waals surface area contributed by atoms with Crippen LogP contribution in [-0.4, -0.2) is 43.2 Å². The number of hydrogen-bond donors (Lipinski definition) is 1. The molecule has 2 heterocycles. The number of amides is 1. The van der Waals surface area contributed by atoms with Gasteiger partial charge in [-0.2, -0.15) is 0 Å². The van der Waals surface area contributed by atoms with E-state index in [9.17, 15) is 4.79 Å². The maximum absolute atomic E-state index is 12.3. The first-order valence-electron chi connectivity index (χ1n) is 7.55. The van der Waals surface area contributed by atoms with Gasteiger partial charge in [-0.3, -0.25) is 4.79 Å². The van der Waals surface area contributed by atoms with Gasteiger partial charge in [-0.1, -0.05) is 18.2 Å². The second kappa shape index (κ2) is 7.31. The number of thioether (sulfide) groups is 1. The van der Waals surface area contributed by atoms with Gasteiger partial charge in [-0.05, 0) is 29.8 Å². The lowest BCUT2D eigenvalue weighted by Gasteiger charge is -2.32. The highest BCUT2D eigenvalue weighted by Gasteiger charge is 2.24. The fraction of sp³-hybridized carbons (Fsp3) is 0.353. The Morgan fingerprint density at radius 2 is 1.95 bits per heavy atom. The summed E-state index contributed by atoms with van der Waals surface area (Å²) in [4.78, 5) is 18.0. The van der Waals surface area contributed by atoms with Crippen molar-refractivity contribution >= 4 is 29.0 Å². The smallest absolute Gasteiger partial charge is 0.264 e. The maximum Gasteiger partial charge on any atom is 0.264 e. The van der Waals surface area contributed by atoms with Crippen LogP contribution in [0.1, 0.15) is 15.2 Å². The molecule has 3 rings (SSSR count). The van der Waals surface area contributed by atoms with Gasteiger partial charge in [0, 0.05) is 10.5 Å². The van der Waals surface area contributed by atoms with Crippen LogP contribution in [0.2, 0.25) is 0 Å². The van der Waals surface area contributed by atoms with Crippen LogP contribution in [0.4, 0.5) is 0 Å². The third kappa shape index (κ3) is 3.72. The molecule has 1 aromatic carbocycles. The zero-order valence-electron chi connectivity index (χ0n) is 12.7. The van der Waals surface area contributed by atoms with Crippen molar-refractivity contribution in [1.29, 1.82) is 0 Å². The summed E-state index contributed by atoms with van der Waals surface area (Å²) in [7, 11) is 0. The molecule has 0 spiro atoms. The van der Waals surface area contributed by atoms with Crippen molar-refractivity contribution in [3.63, 3.8) is 0 Å². The monoisotopic (exact) mass is 333 g/mol. The molecule has 0 saturated carbocycles. The number of nitrogens with zero attached hydrogens (tertiary/aromatic N) is 1. The van der Waals surface area contributed by atoms with E-state index in [1.54, 1.807) is 16.7 Å². The summed E-state index contributed by atoms with van der Waals surface area (Å²) in [6.07, 6.45) is 2.10. The van der Waals surface area contributed by atoms with Gasteiger partial charge >= 0.3 is 0 Å². The summed E-state index contributed by atoms with van der Waals surface area (Å²) in [6, 6.07) is 12.7. The first-order valence-corrected chi connectivity index (χ1v) is 9.66. The Morgan fingerprint density at radius 1 is 1.23 bits per heavy atom. The van der Waals surface area contributed by atoms with E-state index in [2.05, 4.69) is 30.5 Å². The van der Waals surface area contributed by atoms with Gasteiger partial charge in [0.2, 0.25) is 0 Å². The molecule has 1 aromatic heterocycles. The van der Waals surface area contributed by atoms with E-state index < -0.39 is 0 Å². The van der Waals surface area contributed by atoms with Gasteiger partial charge in [-0.15, -0.1) is 23.1 Å². The van der Waals surface area contributed by atoms with Crippen LogP contribution in [0.5, 0.6) is 0 Å². The number of quaternary nitrogens is 1. The van der Waals surface area contributed by atoms with Crippen molar-refractivity contribution in [3.8, 4) is 0 Å². The van der Waals surface area contributed by atoms with Gasteiger partial charge in [0.25, 0.3) is 5.91 Å².